The molecule has 8 N–H and O–H groups in total. The van der Waals surface area contributed by atoms with Crippen LogP contribution in [0.2, 0.25) is 0 Å². The molecule has 0 spiro atoms. The van der Waals surface area contributed by atoms with Crippen LogP contribution in [-0.4, -0.2) is 129 Å². The Morgan fingerprint density at radius 2 is 0.826 bits per heavy atom. The van der Waals surface area contributed by atoms with Gasteiger partial charge in [0.05, 0.1) is 0 Å². The summed E-state index contributed by atoms with van der Waals surface area (Å²) in [5, 5.41) is 78.4. The molecule has 0 amide bonds. The number of hydrogen-bond acceptors (Lipinski definition) is 20. The maximum absolute atomic E-state index is 11.6. The highest BCUT2D eigenvalue weighted by Gasteiger charge is 2.42. The van der Waals surface area contributed by atoms with Gasteiger partial charge in [-0.25, -0.2) is 0 Å². The van der Waals surface area contributed by atoms with Gasteiger partial charge in [-0.05, 0) is 111 Å². The molecule has 16 nitrogen and oxygen atoms in total. The van der Waals surface area contributed by atoms with Gasteiger partial charge >= 0.3 is 0 Å². The topological polar surface area (TPSA) is 280 Å². The van der Waals surface area contributed by atoms with Gasteiger partial charge in [0.15, 0.2) is 23.1 Å². The van der Waals surface area contributed by atoms with Crippen LogP contribution in [0, 0.1) is 0 Å². The molecule has 0 radical (unpaired) electrons. The van der Waals surface area contributed by atoms with Gasteiger partial charge in [-0.3, -0.25) is 39.1 Å². The summed E-state index contributed by atoms with van der Waals surface area (Å²) in [7, 11) is 0. The van der Waals surface area contributed by atoms with Gasteiger partial charge in [0.1, 0.15) is 89.8 Å². The first-order chi connectivity index (χ1) is 32.1. The molecule has 0 saturated heterocycles. The van der Waals surface area contributed by atoms with Gasteiger partial charge in [0.2, 0.25) is 0 Å². The molecule has 0 bridgehead atoms. The summed E-state index contributed by atoms with van der Waals surface area (Å²) in [6, 6.07) is 16.3. The number of phenolic OH excluding ortho intramolecular Hbond substituents is 8. The van der Waals surface area contributed by atoms with E-state index in [1.54, 1.807) is 31.2 Å². The molecule has 0 aliphatic carbocycles. The van der Waals surface area contributed by atoms with E-state index in [0.717, 1.165) is 0 Å². The molecule has 0 aromatic heterocycles. The fourth-order valence-electron chi connectivity index (χ4n) is 6.97. The lowest BCUT2D eigenvalue weighted by molar-refractivity contribution is -0.121. The first-order valence-electron chi connectivity index (χ1n) is 21.2. The number of thioether (sulfide) groups is 4. The maximum atomic E-state index is 11.6. The molecule has 4 aliphatic rings. The molecule has 0 saturated carbocycles. The molecular formula is C49H54N4O12S4. The number of nitrogens with zero attached hydrogens (tertiary/aromatic N) is 4. The molecule has 4 aromatic carbocycles. The second kappa shape index (κ2) is 21.8. The highest BCUT2D eigenvalue weighted by Crippen LogP contribution is 2.44. The number of aromatic hydroxyl groups is 8. The van der Waals surface area contributed by atoms with E-state index >= 15 is 0 Å². The highest BCUT2D eigenvalue weighted by atomic mass is 32.2. The summed E-state index contributed by atoms with van der Waals surface area (Å²) in [6.45, 7) is 15.7. The van der Waals surface area contributed by atoms with Gasteiger partial charge in [-0.2, -0.15) is 0 Å². The zero-order valence-corrected chi connectivity index (χ0v) is 42.5. The van der Waals surface area contributed by atoms with E-state index in [1.165, 1.54) is 123 Å². The van der Waals surface area contributed by atoms with E-state index in [1.807, 2.05) is 27.7 Å². The molecule has 0 fully saturated rings. The van der Waals surface area contributed by atoms with Crippen molar-refractivity contribution in [1.29, 1.82) is 0 Å². The first-order valence-corrected chi connectivity index (χ1v) is 24.8. The predicted octanol–water partition coefficient (Wildman–Crippen LogP) is 8.14. The number of Topliss-reactive ketones (excluding diaryl/α,β-unsaturated/α-hetero) is 4. The van der Waals surface area contributed by atoms with Crippen LogP contribution in [0.1, 0.15) is 84.6 Å². The molecule has 4 heterocycles. The largest absolute Gasteiger partial charge is 0.508 e. The average Bonchev–Trinajstić information content (AvgIpc) is 4.03. The number of ketones is 4. The lowest BCUT2D eigenvalue weighted by atomic mass is 10.0. The van der Waals surface area contributed by atoms with Crippen molar-refractivity contribution in [2.24, 2.45) is 20.0 Å². The molecule has 366 valence electrons. The number of benzene rings is 4. The van der Waals surface area contributed by atoms with Crippen molar-refractivity contribution >= 4 is 90.4 Å². The Bertz CT molecular complexity index is 2710. The van der Waals surface area contributed by atoms with Gasteiger partial charge in [0, 0.05) is 67.5 Å². The summed E-state index contributed by atoms with van der Waals surface area (Å²) in [6.07, 6.45) is 0. The summed E-state index contributed by atoms with van der Waals surface area (Å²) in [5.74, 6) is 1.19. The minimum absolute atomic E-state index is 0.00206. The molecular weight excluding hydrogens is 965 g/mol. The van der Waals surface area contributed by atoms with Gasteiger partial charge in [-0.1, -0.05) is 23.5 Å². The van der Waals surface area contributed by atoms with Crippen molar-refractivity contribution < 1.29 is 60.0 Å². The maximum Gasteiger partial charge on any atom is 0.157 e. The van der Waals surface area contributed by atoms with Gasteiger partial charge in [-0.15, -0.1) is 23.5 Å². The zero-order chi connectivity index (χ0) is 51.3. The Hall–Kier alpha value is -5.96. The number of carbonyl (C=O) groups is 4. The molecule has 20 heteroatoms. The second-order valence-corrected chi connectivity index (χ2v) is 22.8. The number of carbonyl (C=O) groups excluding carboxylic acids is 4. The molecule has 0 unspecified atom stereocenters. The third kappa shape index (κ3) is 13.2. The van der Waals surface area contributed by atoms with Crippen LogP contribution in [-0.2, 0) is 19.2 Å². The van der Waals surface area contributed by atoms with Crippen molar-refractivity contribution in [2.75, 3.05) is 11.5 Å². The first kappa shape index (κ1) is 54.0. The van der Waals surface area contributed by atoms with Crippen molar-refractivity contribution in [3.05, 3.63) is 95.1 Å². The minimum atomic E-state index is -0.704. The van der Waals surface area contributed by atoms with Crippen LogP contribution >= 0.6 is 47.0 Å². The summed E-state index contributed by atoms with van der Waals surface area (Å²) < 4.78 is -0.628. The Morgan fingerprint density at radius 1 is 0.478 bits per heavy atom. The van der Waals surface area contributed by atoms with Crippen LogP contribution in [0.3, 0.4) is 0 Å². The number of phenols is 8. The fraction of sp³-hybridized carbons (Fsp3) is 0.347. The highest BCUT2D eigenvalue weighted by molar-refractivity contribution is 8.16. The lowest BCUT2D eigenvalue weighted by Crippen LogP contribution is -2.33. The Kier molecular flexibility index (Phi) is 17.0. The van der Waals surface area contributed by atoms with Crippen LogP contribution in [0.5, 0.6) is 46.0 Å². The Morgan fingerprint density at radius 3 is 1.10 bits per heavy atom. The summed E-state index contributed by atoms with van der Waals surface area (Å²) >= 11 is 5.81. The summed E-state index contributed by atoms with van der Waals surface area (Å²) in [5.41, 5.74) is 1.51. The lowest BCUT2D eigenvalue weighted by Gasteiger charge is -2.21. The SMILES string of the molecule is CC(=O)[C@@H]1CSC(c2ccc(O)cc2O)=N1.CC(=O)[C@@H]1N=C(c2ccc(O)cc2O)SC1(C)C.CC(=O)[C@H]1N=C(c2ccc(O)cc2O)SC1(C)C.CC(=O)[C@]1(C)CSC(c2ccc(O)cc2O)=N1. The average molecular weight is 1020 g/mol. The van der Waals surface area contributed by atoms with Crippen molar-refractivity contribution in [1.82, 2.24) is 0 Å². The van der Waals surface area contributed by atoms with Crippen LogP contribution in [0.25, 0.3) is 0 Å². The van der Waals surface area contributed by atoms with E-state index < -0.39 is 17.6 Å². The van der Waals surface area contributed by atoms with Crippen molar-refractivity contribution in [3.63, 3.8) is 0 Å². The van der Waals surface area contributed by atoms with Crippen LogP contribution in [0.15, 0.2) is 92.8 Å². The van der Waals surface area contributed by atoms with Crippen LogP contribution < -0.4 is 0 Å². The van der Waals surface area contributed by atoms with E-state index in [2.05, 4.69) is 20.0 Å². The molecule has 69 heavy (non-hydrogen) atoms. The molecule has 4 aliphatic heterocycles. The van der Waals surface area contributed by atoms with Crippen molar-refractivity contribution in [3.8, 4) is 46.0 Å². The van der Waals surface area contributed by atoms with E-state index in [9.17, 15) is 54.9 Å². The number of hydrogen-bond donors (Lipinski definition) is 8. The third-order valence-corrected chi connectivity index (χ3v) is 15.8. The summed E-state index contributed by atoms with van der Waals surface area (Å²) in [4.78, 5) is 63.1. The minimum Gasteiger partial charge on any atom is -0.508 e. The normalized spacial score (nSPS) is 21.7. The van der Waals surface area contributed by atoms with E-state index in [-0.39, 0.29) is 84.7 Å². The molecule has 8 rings (SSSR count). The van der Waals surface area contributed by atoms with Gasteiger partial charge < -0.3 is 40.9 Å². The predicted molar refractivity (Wildman–Crippen MR) is 276 cm³/mol. The standard InChI is InChI=1S/2C13H15NO3S.C12H13NO3S.C11H11NO3S/c2*1-7(15)11-13(2,3)18-12(14-11)9-5-4-8(16)6-10(9)17;1-7(14)12(2)6-17-11(13-12)9-4-3-8(15)5-10(9)16;1-6(13)9-5-16-11(12-9)8-3-2-7(14)4-10(8)15/h2*4-6,11,16-17H,1-3H3;3-5,15-16H,6H2,1-2H3;2-4,9,14-15H,5H2,1H3/t2*11-;12-;9-/m1000/s1. The third-order valence-electron chi connectivity index (χ3n) is 10.9. The molecule has 4 aromatic rings. The quantitative estimate of drug-likeness (QED) is 0.0827. The molecule has 4 atom stereocenters. The van der Waals surface area contributed by atoms with E-state index in [0.29, 0.717) is 53.9 Å². The monoisotopic (exact) mass is 1020 g/mol. The number of rotatable bonds is 8. The number of aliphatic imine (C=N–C) groups is 4. The smallest absolute Gasteiger partial charge is 0.157 e. The van der Waals surface area contributed by atoms with Gasteiger partial charge in [0.25, 0.3) is 0 Å². The Labute approximate surface area is 416 Å². The Balaban J connectivity index is 0.000000172. The fourth-order valence-corrected chi connectivity index (χ4v) is 11.9. The van der Waals surface area contributed by atoms with Crippen molar-refractivity contribution in [2.45, 2.75) is 95.5 Å². The zero-order valence-electron chi connectivity index (χ0n) is 39.2. The van der Waals surface area contributed by atoms with E-state index in [4.69, 9.17) is 5.11 Å². The second-order valence-electron chi connectivity index (χ2n) is 17.5. The van der Waals surface area contributed by atoms with Crippen LogP contribution in [0.4, 0.5) is 0 Å².